The van der Waals surface area contributed by atoms with Crippen molar-refractivity contribution < 1.29 is 25.2 Å². The van der Waals surface area contributed by atoms with E-state index in [1.54, 1.807) is 0 Å². The van der Waals surface area contributed by atoms with Crippen molar-refractivity contribution in [3.05, 3.63) is 23.8 Å². The van der Waals surface area contributed by atoms with Gasteiger partial charge in [0.25, 0.3) is 0 Å². The molecule has 4 fully saturated rings. The van der Waals surface area contributed by atoms with Gasteiger partial charge >= 0.3 is 5.97 Å². The van der Waals surface area contributed by atoms with E-state index in [0.29, 0.717) is 37.5 Å². The number of allylic oxidation sites excluding steroid dienone is 3. The fourth-order valence-electron chi connectivity index (χ4n) is 10.6. The molecule has 5 nitrogen and oxygen atoms in total. The molecular formula is C30H46O5. The maximum atomic E-state index is 12.8. The number of hydrogen-bond donors (Lipinski definition) is 4. The number of aliphatic hydroxyl groups excluding tert-OH is 3. The lowest BCUT2D eigenvalue weighted by Crippen LogP contribution is -2.69. The molecule has 0 aromatic heterocycles. The summed E-state index contributed by atoms with van der Waals surface area (Å²) in [5.41, 5.74) is 0.209. The van der Waals surface area contributed by atoms with Gasteiger partial charge < -0.3 is 20.4 Å². The van der Waals surface area contributed by atoms with Crippen LogP contribution in [-0.2, 0) is 4.79 Å². The molecule has 4 saturated carbocycles. The molecule has 0 bridgehead atoms. The van der Waals surface area contributed by atoms with Crippen molar-refractivity contribution in [3.63, 3.8) is 0 Å². The molecule has 0 aliphatic heterocycles. The Labute approximate surface area is 210 Å². The fourth-order valence-corrected chi connectivity index (χ4v) is 10.6. The predicted octanol–water partition coefficient (Wildman–Crippen LogP) is 4.95. The average Bonchev–Trinajstić information content (AvgIpc) is 2.79. The Hall–Kier alpha value is -1.17. The first-order valence-corrected chi connectivity index (χ1v) is 13.8. The number of carbonyl (C=O) groups is 1. The summed E-state index contributed by atoms with van der Waals surface area (Å²) in [6, 6.07) is 0. The molecule has 0 saturated heterocycles. The lowest BCUT2D eigenvalue weighted by Gasteiger charge is -2.72. The van der Waals surface area contributed by atoms with Crippen molar-refractivity contribution in [1.82, 2.24) is 0 Å². The molecular weight excluding hydrogens is 440 g/mol. The maximum absolute atomic E-state index is 12.8. The number of aliphatic carboxylic acids is 1. The molecule has 0 aromatic rings. The molecule has 0 heterocycles. The highest BCUT2D eigenvalue weighted by Crippen LogP contribution is 2.75. The van der Waals surface area contributed by atoms with Crippen LogP contribution in [0.1, 0.15) is 86.0 Å². The summed E-state index contributed by atoms with van der Waals surface area (Å²) >= 11 is 0. The van der Waals surface area contributed by atoms with E-state index in [-0.39, 0.29) is 34.7 Å². The minimum absolute atomic E-state index is 0.131. The van der Waals surface area contributed by atoms with Gasteiger partial charge in [0, 0.05) is 17.3 Å². The average molecular weight is 487 g/mol. The summed E-state index contributed by atoms with van der Waals surface area (Å²) in [5.74, 6) is -0.389. The standard InChI is InChI=1S/C30H46O5/c1-17-9-12-30(25(34)35)14-13-28(5)19(23(30)18(17)2)7-8-21-26(3)11-10-22(33)27(4,16-31)24(26)20(32)15-29(21,28)6/h7,17,20-24,31-33H,2,8-16H2,1,3-6H3,(H,34,35)/t17-,20+,21-,22+,23+,24-,26-,27-,28-,29-,30+/m1/s1. The van der Waals surface area contributed by atoms with Gasteiger partial charge in [-0.25, -0.2) is 0 Å². The third kappa shape index (κ3) is 2.89. The number of fused-ring (bicyclic) bond motifs is 7. The zero-order valence-electron chi connectivity index (χ0n) is 22.3. The van der Waals surface area contributed by atoms with Gasteiger partial charge in [0.1, 0.15) is 0 Å². The summed E-state index contributed by atoms with van der Waals surface area (Å²) < 4.78 is 0. The Balaban J connectivity index is 1.65. The second kappa shape index (κ2) is 7.68. The molecule has 35 heavy (non-hydrogen) atoms. The van der Waals surface area contributed by atoms with E-state index in [9.17, 15) is 25.2 Å². The summed E-state index contributed by atoms with van der Waals surface area (Å²) in [7, 11) is 0. The van der Waals surface area contributed by atoms with Crippen LogP contribution >= 0.6 is 0 Å². The van der Waals surface area contributed by atoms with Gasteiger partial charge in [-0.3, -0.25) is 4.79 Å². The topological polar surface area (TPSA) is 98.0 Å². The lowest BCUT2D eigenvalue weighted by atomic mass is 9.33. The predicted molar refractivity (Wildman–Crippen MR) is 135 cm³/mol. The van der Waals surface area contributed by atoms with Gasteiger partial charge in [0.15, 0.2) is 0 Å². The Kier molecular flexibility index (Phi) is 5.59. The van der Waals surface area contributed by atoms with Gasteiger partial charge in [-0.1, -0.05) is 58.4 Å². The van der Waals surface area contributed by atoms with Crippen LogP contribution in [0, 0.1) is 50.7 Å². The minimum atomic E-state index is -0.762. The molecule has 0 radical (unpaired) electrons. The summed E-state index contributed by atoms with van der Waals surface area (Å²) in [6.07, 6.45) is 7.11. The molecule has 5 rings (SSSR count). The first kappa shape index (κ1) is 25.5. The SMILES string of the molecule is C=C1[C@H]2C3=CC[C@@H]4[C@@]5(C)CC[C@H](O)[C@@](C)(CO)[C@@H]5[C@@H](O)C[C@@]4(C)[C@]3(C)CC[C@@]2(C(=O)O)CC[C@H]1C. The lowest BCUT2D eigenvalue weighted by molar-refractivity contribution is -0.251. The van der Waals surface area contributed by atoms with E-state index in [2.05, 4.69) is 40.3 Å². The highest BCUT2D eigenvalue weighted by molar-refractivity contribution is 5.77. The third-order valence-electron chi connectivity index (χ3n) is 12.9. The van der Waals surface area contributed by atoms with Crippen LogP contribution < -0.4 is 0 Å². The van der Waals surface area contributed by atoms with Crippen molar-refractivity contribution in [1.29, 1.82) is 0 Å². The molecule has 11 atom stereocenters. The molecule has 0 aromatic carbocycles. The van der Waals surface area contributed by atoms with Crippen molar-refractivity contribution in [2.45, 2.75) is 98.2 Å². The van der Waals surface area contributed by atoms with Gasteiger partial charge in [-0.05, 0) is 79.4 Å². The molecule has 0 spiro atoms. The van der Waals surface area contributed by atoms with Crippen LogP contribution in [0.15, 0.2) is 23.8 Å². The van der Waals surface area contributed by atoms with Crippen molar-refractivity contribution >= 4 is 5.97 Å². The first-order chi connectivity index (χ1) is 16.2. The molecule has 0 amide bonds. The monoisotopic (exact) mass is 486 g/mol. The molecule has 5 heteroatoms. The summed E-state index contributed by atoms with van der Waals surface area (Å²) in [4.78, 5) is 12.8. The Bertz CT molecular complexity index is 972. The molecule has 196 valence electrons. The van der Waals surface area contributed by atoms with Crippen molar-refractivity contribution in [2.75, 3.05) is 6.61 Å². The fraction of sp³-hybridized carbons (Fsp3) is 0.833. The minimum Gasteiger partial charge on any atom is -0.481 e. The Morgan fingerprint density at radius 3 is 2.40 bits per heavy atom. The van der Waals surface area contributed by atoms with Crippen molar-refractivity contribution in [3.8, 4) is 0 Å². The highest BCUT2D eigenvalue weighted by atomic mass is 16.4. The third-order valence-corrected chi connectivity index (χ3v) is 12.9. The Morgan fingerprint density at radius 2 is 1.77 bits per heavy atom. The number of rotatable bonds is 2. The number of aliphatic hydroxyl groups is 3. The largest absolute Gasteiger partial charge is 0.481 e. The van der Waals surface area contributed by atoms with Gasteiger partial charge in [0.2, 0.25) is 0 Å². The zero-order chi connectivity index (χ0) is 25.8. The van der Waals surface area contributed by atoms with E-state index in [1.165, 1.54) is 5.57 Å². The smallest absolute Gasteiger partial charge is 0.310 e. The Morgan fingerprint density at radius 1 is 1.09 bits per heavy atom. The van der Waals surface area contributed by atoms with E-state index in [4.69, 9.17) is 0 Å². The molecule has 5 aliphatic carbocycles. The van der Waals surface area contributed by atoms with Crippen LogP contribution in [0.25, 0.3) is 0 Å². The van der Waals surface area contributed by atoms with Crippen molar-refractivity contribution in [2.24, 2.45) is 50.7 Å². The van der Waals surface area contributed by atoms with Crippen LogP contribution in [0.3, 0.4) is 0 Å². The number of carboxylic acids is 1. The van der Waals surface area contributed by atoms with Gasteiger partial charge in [-0.15, -0.1) is 0 Å². The van der Waals surface area contributed by atoms with E-state index in [1.807, 2.05) is 6.92 Å². The molecule has 4 N–H and O–H groups in total. The second-order valence-corrected chi connectivity index (χ2v) is 14.1. The van der Waals surface area contributed by atoms with Crippen LogP contribution in [0.5, 0.6) is 0 Å². The maximum Gasteiger partial charge on any atom is 0.310 e. The summed E-state index contributed by atoms with van der Waals surface area (Å²) in [5, 5.41) is 43.6. The zero-order valence-corrected chi connectivity index (χ0v) is 22.3. The quantitative estimate of drug-likeness (QED) is 0.414. The first-order valence-electron chi connectivity index (χ1n) is 13.8. The number of carboxylic acid groups (broad SMARTS) is 1. The second-order valence-electron chi connectivity index (χ2n) is 14.1. The van der Waals surface area contributed by atoms with Gasteiger partial charge in [0.05, 0.1) is 24.2 Å². The molecule has 0 unspecified atom stereocenters. The highest BCUT2D eigenvalue weighted by Gasteiger charge is 2.71. The van der Waals surface area contributed by atoms with Crippen LogP contribution in [0.4, 0.5) is 0 Å². The summed E-state index contributed by atoms with van der Waals surface area (Å²) in [6.45, 7) is 15.5. The normalized spacial score (nSPS) is 55.7. The number of hydrogen-bond acceptors (Lipinski definition) is 4. The van der Waals surface area contributed by atoms with Gasteiger partial charge in [-0.2, -0.15) is 0 Å². The van der Waals surface area contributed by atoms with Crippen LogP contribution in [-0.4, -0.2) is 45.2 Å². The van der Waals surface area contributed by atoms with E-state index < -0.39 is 29.0 Å². The van der Waals surface area contributed by atoms with E-state index >= 15 is 0 Å². The van der Waals surface area contributed by atoms with E-state index in [0.717, 1.165) is 31.3 Å². The molecule has 5 aliphatic rings. The van der Waals surface area contributed by atoms with Crippen LogP contribution in [0.2, 0.25) is 0 Å².